The van der Waals surface area contributed by atoms with E-state index in [1.165, 1.54) is 48.5 Å². The molecule has 22 heavy (non-hydrogen) atoms. The Balaban J connectivity index is 2.22. The maximum Gasteiger partial charge on any atom is 0.283 e. The van der Waals surface area contributed by atoms with Crippen LogP contribution in [-0.4, -0.2) is 26.5 Å². The van der Waals surface area contributed by atoms with Crippen molar-refractivity contribution < 1.29 is 21.6 Å². The lowest BCUT2D eigenvalue weighted by atomic mass is 10.2. The molecule has 0 saturated carbocycles. The van der Waals surface area contributed by atoms with Crippen molar-refractivity contribution in [3.63, 3.8) is 0 Å². The molecule has 0 aromatic heterocycles. The van der Waals surface area contributed by atoms with Crippen molar-refractivity contribution in [3.8, 4) is 0 Å². The largest absolute Gasteiger partial charge is 0.283 e. The Hall–Kier alpha value is -1.71. The minimum Gasteiger partial charge on any atom is -0.267 e. The van der Waals surface area contributed by atoms with Crippen LogP contribution < -0.4 is 0 Å². The lowest BCUT2D eigenvalue weighted by Gasteiger charge is -2.15. The molecule has 3 rings (SSSR count). The number of amides is 1. The molecule has 1 amide bonds. The van der Waals surface area contributed by atoms with Crippen LogP contribution in [-0.2, 0) is 20.0 Å². The van der Waals surface area contributed by atoms with Crippen molar-refractivity contribution in [1.82, 2.24) is 3.71 Å². The Morgan fingerprint density at radius 2 is 1.55 bits per heavy atom. The summed E-state index contributed by atoms with van der Waals surface area (Å²) in [5.41, 5.74) is -0.150. The molecule has 2 aromatic rings. The second kappa shape index (κ2) is 4.90. The highest BCUT2D eigenvalue weighted by Crippen LogP contribution is 2.34. The van der Waals surface area contributed by atoms with Crippen LogP contribution in [0.3, 0.4) is 0 Å². The summed E-state index contributed by atoms with van der Waals surface area (Å²) >= 11 is 3.16. The van der Waals surface area contributed by atoms with Gasteiger partial charge in [-0.05, 0) is 36.4 Å². The minimum absolute atomic E-state index is 0.0477. The summed E-state index contributed by atoms with van der Waals surface area (Å²) in [5, 5.41) is 0. The second-order valence-electron chi connectivity index (χ2n) is 4.46. The molecule has 6 nitrogen and oxygen atoms in total. The summed E-state index contributed by atoms with van der Waals surface area (Å²) in [6, 6.07) is 10.8. The van der Waals surface area contributed by atoms with Crippen molar-refractivity contribution >= 4 is 41.9 Å². The van der Waals surface area contributed by atoms with Crippen LogP contribution in [0.25, 0.3) is 0 Å². The SMILES string of the molecule is O=C1c2ccccc2S(=O)(=O)N1S(=O)(=O)c1ccc(Br)cc1. The van der Waals surface area contributed by atoms with Gasteiger partial charge in [-0.1, -0.05) is 28.1 Å². The first-order chi connectivity index (χ1) is 10.3. The van der Waals surface area contributed by atoms with Crippen LogP contribution in [0.1, 0.15) is 10.4 Å². The Morgan fingerprint density at radius 1 is 0.955 bits per heavy atom. The molecule has 0 bridgehead atoms. The van der Waals surface area contributed by atoms with E-state index in [0.717, 1.165) is 0 Å². The number of carbonyl (C=O) groups excluding carboxylic acids is 1. The van der Waals surface area contributed by atoms with Gasteiger partial charge in [-0.25, -0.2) is 0 Å². The third kappa shape index (κ3) is 2.08. The van der Waals surface area contributed by atoms with Crippen LogP contribution in [0.15, 0.2) is 62.8 Å². The van der Waals surface area contributed by atoms with Gasteiger partial charge in [0, 0.05) is 4.47 Å². The molecule has 9 heteroatoms. The molecule has 0 spiro atoms. The number of rotatable bonds is 2. The number of sulfonamides is 2. The zero-order valence-electron chi connectivity index (χ0n) is 10.8. The maximum atomic E-state index is 12.6. The number of halogens is 1. The minimum atomic E-state index is -4.50. The molecule has 0 radical (unpaired) electrons. The van der Waals surface area contributed by atoms with Gasteiger partial charge < -0.3 is 0 Å². The first kappa shape index (κ1) is 15.2. The summed E-state index contributed by atoms with van der Waals surface area (Å²) in [4.78, 5) is 11.7. The number of fused-ring (bicyclic) bond motifs is 1. The summed E-state index contributed by atoms with van der Waals surface area (Å²) < 4.78 is 50.5. The third-order valence-corrected chi connectivity index (χ3v) is 7.80. The Bertz CT molecular complexity index is 981. The number of carbonyl (C=O) groups is 1. The average molecular weight is 402 g/mol. The zero-order chi connectivity index (χ0) is 16.1. The maximum absolute atomic E-state index is 12.6. The molecule has 0 fully saturated rings. The topological polar surface area (TPSA) is 88.6 Å². The first-order valence-electron chi connectivity index (χ1n) is 5.96. The highest BCUT2D eigenvalue weighted by Gasteiger charge is 2.48. The Labute approximate surface area is 135 Å². The molecule has 0 N–H and O–H groups in total. The quantitative estimate of drug-likeness (QED) is 0.767. The molecule has 1 aliphatic rings. The van der Waals surface area contributed by atoms with E-state index >= 15 is 0 Å². The fourth-order valence-corrected chi connectivity index (χ4v) is 6.07. The molecule has 114 valence electrons. The van der Waals surface area contributed by atoms with Crippen molar-refractivity contribution in [1.29, 1.82) is 0 Å². The Morgan fingerprint density at radius 3 is 2.14 bits per heavy atom. The van der Waals surface area contributed by atoms with E-state index in [2.05, 4.69) is 15.9 Å². The van der Waals surface area contributed by atoms with Crippen molar-refractivity contribution in [2.45, 2.75) is 9.79 Å². The highest BCUT2D eigenvalue weighted by molar-refractivity contribution is 9.10. The fraction of sp³-hybridized carbons (Fsp3) is 0. The fourth-order valence-electron chi connectivity index (χ4n) is 2.11. The monoisotopic (exact) mass is 401 g/mol. The number of nitrogens with zero attached hydrogens (tertiary/aromatic N) is 1. The molecule has 0 aliphatic carbocycles. The van der Waals surface area contributed by atoms with Crippen molar-refractivity contribution in [2.24, 2.45) is 0 Å². The Kier molecular flexibility index (Phi) is 3.38. The van der Waals surface area contributed by atoms with Crippen LogP contribution in [0, 0.1) is 0 Å². The van der Waals surface area contributed by atoms with Gasteiger partial charge in [-0.15, -0.1) is 3.71 Å². The van der Waals surface area contributed by atoms with E-state index in [-0.39, 0.29) is 19.1 Å². The molecular weight excluding hydrogens is 394 g/mol. The van der Waals surface area contributed by atoms with Gasteiger partial charge >= 0.3 is 0 Å². The van der Waals surface area contributed by atoms with Crippen molar-refractivity contribution in [3.05, 3.63) is 58.6 Å². The first-order valence-corrected chi connectivity index (χ1v) is 9.63. The van der Waals surface area contributed by atoms with E-state index in [1.54, 1.807) is 0 Å². The van der Waals surface area contributed by atoms with E-state index in [4.69, 9.17) is 0 Å². The predicted octanol–water partition coefficient (Wildman–Crippen LogP) is 1.98. The van der Waals surface area contributed by atoms with Gasteiger partial charge in [0.05, 0.1) is 10.5 Å². The summed E-state index contributed by atoms with van der Waals surface area (Å²) in [6.45, 7) is 0. The number of hydrogen-bond acceptors (Lipinski definition) is 5. The molecule has 2 aromatic carbocycles. The smallest absolute Gasteiger partial charge is 0.267 e. The van der Waals surface area contributed by atoms with Crippen LogP contribution in [0.4, 0.5) is 0 Å². The lowest BCUT2D eigenvalue weighted by Crippen LogP contribution is -2.36. The molecule has 0 unspecified atom stereocenters. The molecule has 1 aliphatic heterocycles. The van der Waals surface area contributed by atoms with E-state index in [9.17, 15) is 21.6 Å². The second-order valence-corrected chi connectivity index (χ2v) is 9.15. The van der Waals surface area contributed by atoms with Gasteiger partial charge in [0.15, 0.2) is 0 Å². The van der Waals surface area contributed by atoms with Gasteiger partial charge in [0.2, 0.25) is 0 Å². The molecule has 0 saturated heterocycles. The predicted molar refractivity (Wildman–Crippen MR) is 81.1 cm³/mol. The summed E-state index contributed by atoms with van der Waals surface area (Å²) in [6.07, 6.45) is 0. The average Bonchev–Trinajstić information content (AvgIpc) is 2.67. The number of hydrogen-bond donors (Lipinski definition) is 0. The van der Waals surface area contributed by atoms with E-state index in [1.807, 2.05) is 0 Å². The number of benzene rings is 2. The highest BCUT2D eigenvalue weighted by atomic mass is 79.9. The third-order valence-electron chi connectivity index (χ3n) is 3.11. The van der Waals surface area contributed by atoms with Gasteiger partial charge in [-0.2, -0.15) is 16.8 Å². The van der Waals surface area contributed by atoms with E-state index in [0.29, 0.717) is 4.47 Å². The normalized spacial score (nSPS) is 16.6. The summed E-state index contributed by atoms with van der Waals surface area (Å²) in [5.74, 6) is -1.07. The molecule has 1 heterocycles. The van der Waals surface area contributed by atoms with Gasteiger partial charge in [0.1, 0.15) is 4.90 Å². The summed E-state index contributed by atoms with van der Waals surface area (Å²) in [7, 11) is -8.93. The molecule has 0 atom stereocenters. The van der Waals surface area contributed by atoms with Gasteiger partial charge in [0.25, 0.3) is 26.0 Å². The van der Waals surface area contributed by atoms with Crippen LogP contribution in [0.2, 0.25) is 0 Å². The van der Waals surface area contributed by atoms with Crippen LogP contribution >= 0.6 is 15.9 Å². The van der Waals surface area contributed by atoms with Crippen LogP contribution in [0.5, 0.6) is 0 Å². The van der Waals surface area contributed by atoms with Gasteiger partial charge in [-0.3, -0.25) is 4.79 Å². The zero-order valence-corrected chi connectivity index (χ0v) is 14.0. The van der Waals surface area contributed by atoms with Crippen molar-refractivity contribution in [2.75, 3.05) is 0 Å². The standard InChI is InChI=1S/C13H8BrNO5S2/c14-9-5-7-10(8-6-9)21(17,18)15-13(16)11-3-1-2-4-12(11)22(15,19)20/h1-8H. The van der Waals surface area contributed by atoms with E-state index < -0.39 is 26.0 Å². The lowest BCUT2D eigenvalue weighted by molar-refractivity contribution is 0.0928. The molecular formula is C13H8BrNO5S2.